The molecule has 1 aliphatic heterocycles. The third-order valence-electron chi connectivity index (χ3n) is 5.33. The highest BCUT2D eigenvalue weighted by Crippen LogP contribution is 2.25. The fourth-order valence-electron chi connectivity index (χ4n) is 3.75. The van der Waals surface area contributed by atoms with Gasteiger partial charge in [0.05, 0.1) is 23.3 Å². The number of ether oxygens (including phenoxy) is 1. The van der Waals surface area contributed by atoms with Gasteiger partial charge in [0.1, 0.15) is 5.69 Å². The first-order valence-electron chi connectivity index (χ1n) is 10.3. The third-order valence-corrected chi connectivity index (χ3v) is 5.33. The second-order valence-corrected chi connectivity index (χ2v) is 7.30. The molecule has 3 aromatic rings. The molecule has 0 amide bonds. The van der Waals surface area contributed by atoms with Crippen molar-refractivity contribution in [2.75, 3.05) is 19.7 Å². The molecule has 0 unspecified atom stereocenters. The minimum Gasteiger partial charge on any atom is -0.462 e. The number of benzene rings is 1. The molecule has 31 heavy (non-hydrogen) atoms. The monoisotopic (exact) mass is 421 g/mol. The van der Waals surface area contributed by atoms with E-state index in [2.05, 4.69) is 5.10 Å². The first kappa shape index (κ1) is 20.7. The van der Waals surface area contributed by atoms with Crippen LogP contribution in [0.3, 0.4) is 0 Å². The van der Waals surface area contributed by atoms with Crippen molar-refractivity contribution in [3.63, 3.8) is 0 Å². The van der Waals surface area contributed by atoms with Gasteiger partial charge in [0.15, 0.2) is 5.78 Å². The van der Waals surface area contributed by atoms with Gasteiger partial charge in [-0.3, -0.25) is 4.79 Å². The molecule has 1 aromatic carbocycles. The Bertz CT molecular complexity index is 1100. The number of hydrogen-bond acceptors (Lipinski definition) is 7. The Kier molecular flexibility index (Phi) is 6.08. The van der Waals surface area contributed by atoms with Gasteiger partial charge in [0, 0.05) is 25.2 Å². The highest BCUT2D eigenvalue weighted by atomic mass is 16.7. The Morgan fingerprint density at radius 1 is 1.03 bits per heavy atom. The lowest BCUT2D eigenvalue weighted by Gasteiger charge is -2.29. The maximum absolute atomic E-state index is 13.2. The number of hydrogen-bond donors (Lipinski definition) is 0. The van der Waals surface area contributed by atoms with Crippen LogP contribution < -0.4 is 0 Å². The van der Waals surface area contributed by atoms with E-state index in [-0.39, 0.29) is 18.3 Å². The summed E-state index contributed by atoms with van der Waals surface area (Å²) in [4.78, 5) is 43.2. The van der Waals surface area contributed by atoms with Crippen LogP contribution >= 0.6 is 0 Å². The molecule has 0 radical (unpaired) electrons. The van der Waals surface area contributed by atoms with Gasteiger partial charge < -0.3 is 9.57 Å². The largest absolute Gasteiger partial charge is 0.462 e. The third kappa shape index (κ3) is 4.34. The van der Waals surface area contributed by atoms with Gasteiger partial charge in [-0.15, -0.1) is 5.06 Å². The normalized spacial score (nSPS) is 15.0. The van der Waals surface area contributed by atoms with E-state index in [1.54, 1.807) is 60.6 Å². The van der Waals surface area contributed by atoms with Gasteiger partial charge in [0.2, 0.25) is 0 Å². The molecule has 8 heteroatoms. The van der Waals surface area contributed by atoms with Crippen LogP contribution in [0, 0.1) is 5.92 Å². The van der Waals surface area contributed by atoms with E-state index in [9.17, 15) is 14.4 Å². The number of ketones is 1. The Balaban J connectivity index is 1.45. The summed E-state index contributed by atoms with van der Waals surface area (Å²) in [5.41, 5.74) is 1.71. The summed E-state index contributed by atoms with van der Waals surface area (Å²) >= 11 is 0. The SMILES string of the molecule is CCOC(=O)c1cc(C(=O)C2CCN(OC(=O)c3ccccc3)CC2)n2ncccc12. The van der Waals surface area contributed by atoms with Crippen LogP contribution in [0.2, 0.25) is 0 Å². The van der Waals surface area contributed by atoms with Gasteiger partial charge in [-0.25, -0.2) is 14.1 Å². The molecule has 3 heterocycles. The van der Waals surface area contributed by atoms with Crippen molar-refractivity contribution in [1.82, 2.24) is 14.7 Å². The zero-order valence-electron chi connectivity index (χ0n) is 17.2. The number of esters is 1. The first-order chi connectivity index (χ1) is 15.1. The number of hydroxylamine groups is 2. The maximum Gasteiger partial charge on any atom is 0.357 e. The predicted octanol–water partition coefficient (Wildman–Crippen LogP) is 3.18. The first-order valence-corrected chi connectivity index (χ1v) is 10.3. The average Bonchev–Trinajstić information content (AvgIpc) is 3.20. The van der Waals surface area contributed by atoms with Gasteiger partial charge in [-0.2, -0.15) is 5.10 Å². The Labute approximate surface area is 179 Å². The van der Waals surface area contributed by atoms with Crippen LogP contribution in [-0.2, 0) is 9.57 Å². The van der Waals surface area contributed by atoms with Gasteiger partial charge in [0.25, 0.3) is 0 Å². The molecule has 0 atom stereocenters. The van der Waals surface area contributed by atoms with Crippen molar-refractivity contribution in [3.8, 4) is 0 Å². The second kappa shape index (κ2) is 9.09. The van der Waals surface area contributed by atoms with E-state index in [0.29, 0.717) is 48.3 Å². The van der Waals surface area contributed by atoms with Crippen molar-refractivity contribution in [2.24, 2.45) is 5.92 Å². The van der Waals surface area contributed by atoms with E-state index in [4.69, 9.17) is 9.57 Å². The highest BCUT2D eigenvalue weighted by molar-refractivity contribution is 6.04. The van der Waals surface area contributed by atoms with Crippen LogP contribution in [0.4, 0.5) is 0 Å². The molecule has 1 aliphatic rings. The minimum absolute atomic E-state index is 0.0849. The van der Waals surface area contributed by atoms with Gasteiger partial charge in [-0.05, 0) is 50.1 Å². The average molecular weight is 421 g/mol. The van der Waals surface area contributed by atoms with Crippen LogP contribution in [-0.4, -0.2) is 52.1 Å². The van der Waals surface area contributed by atoms with Crippen molar-refractivity contribution in [3.05, 3.63) is 71.5 Å². The van der Waals surface area contributed by atoms with E-state index in [0.717, 1.165) is 0 Å². The fourth-order valence-corrected chi connectivity index (χ4v) is 3.75. The molecular weight excluding hydrogens is 398 g/mol. The molecule has 0 bridgehead atoms. The quantitative estimate of drug-likeness (QED) is 0.446. The molecule has 1 fully saturated rings. The molecular formula is C23H23N3O5. The second-order valence-electron chi connectivity index (χ2n) is 7.30. The Morgan fingerprint density at radius 2 is 1.77 bits per heavy atom. The summed E-state index contributed by atoms with van der Waals surface area (Å²) in [6.45, 7) is 2.89. The number of carbonyl (C=O) groups excluding carboxylic acids is 3. The van der Waals surface area contributed by atoms with E-state index < -0.39 is 11.9 Å². The summed E-state index contributed by atoms with van der Waals surface area (Å²) < 4.78 is 6.61. The van der Waals surface area contributed by atoms with Crippen LogP contribution in [0.15, 0.2) is 54.7 Å². The number of piperidine rings is 1. The molecule has 2 aromatic heterocycles. The van der Waals surface area contributed by atoms with Crippen molar-refractivity contribution in [2.45, 2.75) is 19.8 Å². The molecule has 160 valence electrons. The van der Waals surface area contributed by atoms with Crippen LogP contribution in [0.5, 0.6) is 0 Å². The summed E-state index contributed by atoms with van der Waals surface area (Å²) in [7, 11) is 0. The number of carbonyl (C=O) groups is 3. The number of fused-ring (bicyclic) bond motifs is 1. The van der Waals surface area contributed by atoms with E-state index in [1.807, 2.05) is 6.07 Å². The zero-order chi connectivity index (χ0) is 21.8. The van der Waals surface area contributed by atoms with Crippen molar-refractivity contribution < 1.29 is 24.0 Å². The van der Waals surface area contributed by atoms with Crippen molar-refractivity contribution in [1.29, 1.82) is 0 Å². The van der Waals surface area contributed by atoms with Crippen LogP contribution in [0.1, 0.15) is 51.0 Å². The lowest BCUT2D eigenvalue weighted by molar-refractivity contribution is -0.123. The summed E-state index contributed by atoms with van der Waals surface area (Å²) in [6, 6.07) is 13.8. The van der Waals surface area contributed by atoms with Crippen LogP contribution in [0.25, 0.3) is 5.52 Å². The van der Waals surface area contributed by atoms with E-state index >= 15 is 0 Å². The minimum atomic E-state index is -0.477. The van der Waals surface area contributed by atoms with Gasteiger partial charge >= 0.3 is 11.9 Å². The lowest BCUT2D eigenvalue weighted by atomic mass is 9.91. The predicted molar refractivity (Wildman–Crippen MR) is 112 cm³/mol. The molecule has 0 spiro atoms. The Morgan fingerprint density at radius 3 is 2.48 bits per heavy atom. The molecule has 4 rings (SSSR count). The standard InChI is InChI=1S/C23H23N3O5/c1-2-30-23(29)18-15-20(26-19(18)9-6-12-24-26)21(27)16-10-13-25(14-11-16)31-22(28)17-7-4-3-5-8-17/h3-9,12,15-16H,2,10-11,13-14H2,1H3. The van der Waals surface area contributed by atoms with Gasteiger partial charge in [-0.1, -0.05) is 18.2 Å². The van der Waals surface area contributed by atoms with Crippen molar-refractivity contribution >= 4 is 23.2 Å². The fraction of sp³-hybridized carbons (Fsp3) is 0.304. The maximum atomic E-state index is 13.2. The molecule has 8 nitrogen and oxygen atoms in total. The number of rotatable bonds is 6. The number of nitrogens with zero attached hydrogens (tertiary/aromatic N) is 3. The number of Topliss-reactive ketones (excluding diaryl/α,β-unsaturated/α-hetero) is 1. The topological polar surface area (TPSA) is 90.2 Å². The summed E-state index contributed by atoms with van der Waals surface area (Å²) in [5, 5.41) is 5.85. The van der Waals surface area contributed by atoms with E-state index in [1.165, 1.54) is 4.52 Å². The Hall–Kier alpha value is -3.52. The smallest absolute Gasteiger partial charge is 0.357 e. The zero-order valence-corrected chi connectivity index (χ0v) is 17.2. The molecule has 0 aliphatic carbocycles. The molecule has 0 N–H and O–H groups in total. The number of aromatic nitrogens is 2. The summed E-state index contributed by atoms with van der Waals surface area (Å²) in [6.07, 6.45) is 2.65. The lowest BCUT2D eigenvalue weighted by Crippen LogP contribution is -2.38. The molecule has 0 saturated carbocycles. The molecule has 1 saturated heterocycles. The summed E-state index contributed by atoms with van der Waals surface area (Å²) in [5.74, 6) is -1.22. The highest BCUT2D eigenvalue weighted by Gasteiger charge is 2.31.